The second-order valence-corrected chi connectivity index (χ2v) is 7.75. The van der Waals surface area contributed by atoms with Crippen LogP contribution in [0.3, 0.4) is 0 Å². The summed E-state index contributed by atoms with van der Waals surface area (Å²) in [5.74, 6) is -1.19. The summed E-state index contributed by atoms with van der Waals surface area (Å²) in [6, 6.07) is -1.02. The summed E-state index contributed by atoms with van der Waals surface area (Å²) in [5.41, 5.74) is 5.28. The zero-order valence-electron chi connectivity index (χ0n) is 15.2. The maximum Gasteiger partial charge on any atom is 0.349 e. The minimum Gasteiger partial charge on any atom is -0.448 e. The molecule has 0 unspecified atom stereocenters. The molecule has 1 atom stereocenters. The predicted octanol–water partition coefficient (Wildman–Crippen LogP) is 1.09. The molecule has 0 bridgehead atoms. The summed E-state index contributed by atoms with van der Waals surface area (Å²) < 4.78 is 6.96. The van der Waals surface area contributed by atoms with E-state index < -0.39 is 24.0 Å². The second-order valence-electron chi connectivity index (χ2n) is 6.75. The molecule has 0 fully saturated rings. The van der Waals surface area contributed by atoms with Gasteiger partial charge in [0.2, 0.25) is 0 Å². The van der Waals surface area contributed by atoms with Crippen LogP contribution in [-0.4, -0.2) is 33.6 Å². The van der Waals surface area contributed by atoms with Gasteiger partial charge >= 0.3 is 12.0 Å². The van der Waals surface area contributed by atoms with Gasteiger partial charge in [-0.3, -0.25) is 19.5 Å². The Morgan fingerprint density at radius 1 is 1.33 bits per heavy atom. The van der Waals surface area contributed by atoms with Crippen LogP contribution < -0.4 is 16.6 Å². The standard InChI is InChI=1S/C17H20N4O5S/c1-7(2)11(13(22)20-17(18)25)26-16(24)12-8(3)10-14(27-12)19-9-5-4-6-21(9)15(10)23/h7,11H,4-6H2,1-3H3,(H3,18,20,22,25)/t11-/m1/s1. The molecule has 10 heteroatoms. The molecule has 2 aromatic heterocycles. The number of rotatable bonds is 4. The number of nitrogens with two attached hydrogens (primary N) is 1. The Morgan fingerprint density at radius 3 is 2.67 bits per heavy atom. The zero-order valence-corrected chi connectivity index (χ0v) is 16.0. The molecular formula is C17H20N4O5S. The van der Waals surface area contributed by atoms with Crippen molar-refractivity contribution in [3.8, 4) is 0 Å². The Labute approximate surface area is 158 Å². The fourth-order valence-electron chi connectivity index (χ4n) is 3.12. The minimum absolute atomic E-state index is 0.160. The molecule has 9 nitrogen and oxygen atoms in total. The van der Waals surface area contributed by atoms with Crippen LogP contribution >= 0.6 is 11.3 Å². The Hall–Kier alpha value is -2.75. The highest BCUT2D eigenvalue weighted by molar-refractivity contribution is 7.20. The SMILES string of the molecule is Cc1c(C(=O)O[C@@H](C(=O)NC(N)=O)C(C)C)sc2nc3n(c(=O)c12)CCC3. The van der Waals surface area contributed by atoms with E-state index >= 15 is 0 Å². The quantitative estimate of drug-likeness (QED) is 0.748. The third-order valence-corrected chi connectivity index (χ3v) is 5.61. The number of esters is 1. The number of imide groups is 1. The average molecular weight is 392 g/mol. The Bertz CT molecular complexity index is 1010. The molecule has 0 saturated carbocycles. The van der Waals surface area contributed by atoms with E-state index in [2.05, 4.69) is 4.98 Å². The molecule has 0 radical (unpaired) electrons. The Morgan fingerprint density at radius 2 is 2.04 bits per heavy atom. The van der Waals surface area contributed by atoms with Gasteiger partial charge in [0.1, 0.15) is 15.5 Å². The zero-order chi connectivity index (χ0) is 19.9. The molecule has 0 spiro atoms. The maximum absolute atomic E-state index is 12.7. The van der Waals surface area contributed by atoms with E-state index in [0.717, 1.165) is 30.0 Å². The van der Waals surface area contributed by atoms with Gasteiger partial charge in [0.25, 0.3) is 11.5 Å². The monoisotopic (exact) mass is 392 g/mol. The largest absolute Gasteiger partial charge is 0.448 e. The molecule has 0 saturated heterocycles. The van der Waals surface area contributed by atoms with E-state index in [1.807, 2.05) is 5.32 Å². The van der Waals surface area contributed by atoms with Gasteiger partial charge < -0.3 is 10.5 Å². The molecule has 0 aromatic carbocycles. The van der Waals surface area contributed by atoms with Crippen LogP contribution in [0, 0.1) is 12.8 Å². The van der Waals surface area contributed by atoms with Gasteiger partial charge in [-0.15, -0.1) is 11.3 Å². The van der Waals surface area contributed by atoms with Gasteiger partial charge in [0, 0.05) is 13.0 Å². The van der Waals surface area contributed by atoms with Crippen molar-refractivity contribution in [2.45, 2.75) is 46.3 Å². The highest BCUT2D eigenvalue weighted by Gasteiger charge is 2.30. The smallest absolute Gasteiger partial charge is 0.349 e. The molecule has 3 amide bonds. The van der Waals surface area contributed by atoms with Crippen LogP contribution in [0.15, 0.2) is 4.79 Å². The van der Waals surface area contributed by atoms with Crippen LogP contribution in [0.4, 0.5) is 4.79 Å². The second kappa shape index (κ2) is 7.10. The number of thiophene rings is 1. The van der Waals surface area contributed by atoms with Crippen LogP contribution in [0.2, 0.25) is 0 Å². The van der Waals surface area contributed by atoms with Crippen molar-refractivity contribution >= 4 is 39.5 Å². The summed E-state index contributed by atoms with van der Waals surface area (Å²) in [5, 5.41) is 2.32. The summed E-state index contributed by atoms with van der Waals surface area (Å²) >= 11 is 1.07. The summed E-state index contributed by atoms with van der Waals surface area (Å²) in [6.45, 7) is 5.63. The third-order valence-electron chi connectivity index (χ3n) is 4.44. The molecular weight excluding hydrogens is 372 g/mol. The van der Waals surface area contributed by atoms with Crippen molar-refractivity contribution in [2.24, 2.45) is 11.7 Å². The van der Waals surface area contributed by atoms with E-state index in [1.165, 1.54) is 0 Å². The number of primary amides is 1. The lowest BCUT2D eigenvalue weighted by Gasteiger charge is -2.19. The van der Waals surface area contributed by atoms with Crippen LogP contribution in [0.5, 0.6) is 0 Å². The van der Waals surface area contributed by atoms with E-state index in [1.54, 1.807) is 25.3 Å². The number of ether oxygens (including phenoxy) is 1. The molecule has 3 heterocycles. The predicted molar refractivity (Wildman–Crippen MR) is 98.7 cm³/mol. The first kappa shape index (κ1) is 19.0. The first-order chi connectivity index (χ1) is 12.7. The topological polar surface area (TPSA) is 133 Å². The lowest BCUT2D eigenvalue weighted by atomic mass is 10.1. The molecule has 144 valence electrons. The van der Waals surface area contributed by atoms with Gasteiger partial charge in [0.15, 0.2) is 6.10 Å². The maximum atomic E-state index is 12.7. The van der Waals surface area contributed by atoms with E-state index in [-0.39, 0.29) is 16.4 Å². The van der Waals surface area contributed by atoms with Crippen molar-refractivity contribution in [3.63, 3.8) is 0 Å². The van der Waals surface area contributed by atoms with Crippen molar-refractivity contribution in [1.29, 1.82) is 0 Å². The lowest BCUT2D eigenvalue weighted by Crippen LogP contribution is -2.45. The molecule has 1 aliphatic heterocycles. The number of hydrogen-bond donors (Lipinski definition) is 2. The molecule has 27 heavy (non-hydrogen) atoms. The number of nitrogens with zero attached hydrogens (tertiary/aromatic N) is 2. The van der Waals surface area contributed by atoms with Gasteiger partial charge in [-0.05, 0) is 24.8 Å². The minimum atomic E-state index is -1.19. The van der Waals surface area contributed by atoms with Gasteiger partial charge in [-0.1, -0.05) is 13.8 Å². The van der Waals surface area contributed by atoms with Gasteiger partial charge in [-0.2, -0.15) is 0 Å². The fraction of sp³-hybridized carbons (Fsp3) is 0.471. The van der Waals surface area contributed by atoms with E-state index in [0.29, 0.717) is 22.3 Å². The number of aryl methyl sites for hydroxylation is 2. The van der Waals surface area contributed by atoms with Crippen LogP contribution in [0.1, 0.15) is 41.3 Å². The number of carbonyl (C=O) groups excluding carboxylic acids is 3. The highest BCUT2D eigenvalue weighted by Crippen LogP contribution is 2.29. The number of hydrogen-bond acceptors (Lipinski definition) is 7. The molecule has 2 aromatic rings. The molecule has 1 aliphatic rings. The van der Waals surface area contributed by atoms with Crippen LogP contribution in [-0.2, 0) is 22.5 Å². The Balaban J connectivity index is 1.95. The first-order valence-corrected chi connectivity index (χ1v) is 9.36. The third kappa shape index (κ3) is 3.44. The van der Waals surface area contributed by atoms with Crippen LogP contribution in [0.25, 0.3) is 10.2 Å². The van der Waals surface area contributed by atoms with Crippen molar-refractivity contribution in [3.05, 3.63) is 26.6 Å². The summed E-state index contributed by atoms with van der Waals surface area (Å²) in [7, 11) is 0. The van der Waals surface area contributed by atoms with Crippen molar-refractivity contribution in [1.82, 2.24) is 14.9 Å². The summed E-state index contributed by atoms with van der Waals surface area (Å²) in [4.78, 5) is 53.5. The lowest BCUT2D eigenvalue weighted by molar-refractivity contribution is -0.130. The first-order valence-electron chi connectivity index (χ1n) is 8.54. The van der Waals surface area contributed by atoms with E-state index in [4.69, 9.17) is 10.5 Å². The van der Waals surface area contributed by atoms with Gasteiger partial charge in [0.05, 0.1) is 5.39 Å². The molecule has 0 aliphatic carbocycles. The summed E-state index contributed by atoms with van der Waals surface area (Å²) in [6.07, 6.45) is 0.414. The Kier molecular flexibility index (Phi) is 5.01. The highest BCUT2D eigenvalue weighted by atomic mass is 32.1. The normalized spacial score (nSPS) is 14.2. The number of carbonyl (C=O) groups is 3. The van der Waals surface area contributed by atoms with Crippen molar-refractivity contribution in [2.75, 3.05) is 0 Å². The van der Waals surface area contributed by atoms with E-state index in [9.17, 15) is 19.2 Å². The van der Waals surface area contributed by atoms with Gasteiger partial charge in [-0.25, -0.2) is 14.6 Å². The molecule has 3 rings (SSSR count). The average Bonchev–Trinajstić information content (AvgIpc) is 3.16. The molecule has 3 N–H and O–H groups in total. The number of nitrogens with one attached hydrogen (secondary N) is 1. The number of amides is 3. The number of fused-ring (bicyclic) bond motifs is 2. The number of urea groups is 1. The fourth-order valence-corrected chi connectivity index (χ4v) is 4.20. The van der Waals surface area contributed by atoms with Crippen molar-refractivity contribution < 1.29 is 19.1 Å². The number of aromatic nitrogens is 2.